The highest BCUT2D eigenvalue weighted by atomic mass is 16.5. The van der Waals surface area contributed by atoms with Gasteiger partial charge in [0.25, 0.3) is 6.47 Å². The summed E-state index contributed by atoms with van der Waals surface area (Å²) in [5.41, 5.74) is 11.2. The third-order valence-corrected chi connectivity index (χ3v) is 3.89. The average molecular weight is 336 g/mol. The van der Waals surface area contributed by atoms with E-state index in [2.05, 4.69) is 15.0 Å². The second-order valence-corrected chi connectivity index (χ2v) is 5.42. The number of carbonyl (C=O) groups excluding carboxylic acids is 1. The Morgan fingerprint density at radius 1 is 1.20 bits per heavy atom. The summed E-state index contributed by atoms with van der Waals surface area (Å²) in [4.78, 5) is 18.0. The number of azide groups is 1. The van der Waals surface area contributed by atoms with Crippen molar-refractivity contribution in [2.75, 3.05) is 6.61 Å². The van der Waals surface area contributed by atoms with Crippen LogP contribution in [0.2, 0.25) is 0 Å². The monoisotopic (exact) mass is 336 g/mol. The first kappa shape index (κ1) is 16.5. The van der Waals surface area contributed by atoms with Crippen molar-refractivity contribution in [3.63, 3.8) is 0 Å². The first-order chi connectivity index (χ1) is 12.3. The van der Waals surface area contributed by atoms with Crippen LogP contribution in [0.15, 0.2) is 64.7 Å². The summed E-state index contributed by atoms with van der Waals surface area (Å²) in [6, 6.07) is 16.7. The lowest BCUT2D eigenvalue weighted by atomic mass is 9.98. The second-order valence-electron chi connectivity index (χ2n) is 5.42. The highest BCUT2D eigenvalue weighted by Crippen LogP contribution is 2.33. The number of hydrogen-bond donors (Lipinski definition) is 0. The van der Waals surface area contributed by atoms with Gasteiger partial charge in [0, 0.05) is 10.5 Å². The molecule has 0 bridgehead atoms. The standard InChI is InChI=1S/C18H16N4O3/c19-22-20-10-14-8-4-5-9-15(14)17-16(11-24-12-23)21-18(25-17)13-6-2-1-3-7-13/h1-9,12,16-17H,10-11H2. The van der Waals surface area contributed by atoms with Gasteiger partial charge >= 0.3 is 0 Å². The van der Waals surface area contributed by atoms with Crippen LogP contribution in [0, 0.1) is 0 Å². The van der Waals surface area contributed by atoms with E-state index in [4.69, 9.17) is 15.0 Å². The van der Waals surface area contributed by atoms with Crippen LogP contribution in [0.4, 0.5) is 0 Å². The summed E-state index contributed by atoms with van der Waals surface area (Å²) < 4.78 is 11.0. The van der Waals surface area contributed by atoms with Gasteiger partial charge in [0.1, 0.15) is 12.6 Å². The number of benzene rings is 2. The maximum Gasteiger partial charge on any atom is 0.293 e. The Morgan fingerprint density at radius 2 is 1.96 bits per heavy atom. The lowest BCUT2D eigenvalue weighted by molar-refractivity contribution is -0.129. The molecule has 7 nitrogen and oxygen atoms in total. The third kappa shape index (κ3) is 3.79. The van der Waals surface area contributed by atoms with Gasteiger partial charge in [-0.1, -0.05) is 47.6 Å². The molecule has 25 heavy (non-hydrogen) atoms. The molecule has 1 aliphatic rings. The van der Waals surface area contributed by atoms with E-state index in [-0.39, 0.29) is 19.2 Å². The molecule has 2 aromatic carbocycles. The molecule has 1 heterocycles. The predicted octanol–water partition coefficient (Wildman–Crippen LogP) is 3.56. The fourth-order valence-corrected chi connectivity index (χ4v) is 2.77. The topological polar surface area (TPSA) is 96.7 Å². The highest BCUT2D eigenvalue weighted by molar-refractivity contribution is 5.95. The second kappa shape index (κ2) is 7.99. The van der Waals surface area contributed by atoms with Gasteiger partial charge in [0.05, 0.1) is 6.54 Å². The van der Waals surface area contributed by atoms with Crippen molar-refractivity contribution in [1.29, 1.82) is 0 Å². The Bertz CT molecular complexity index is 816. The largest absolute Gasteiger partial charge is 0.467 e. The Morgan fingerprint density at radius 3 is 2.72 bits per heavy atom. The number of hydrogen-bond acceptors (Lipinski definition) is 5. The van der Waals surface area contributed by atoms with Gasteiger partial charge in [-0.2, -0.15) is 0 Å². The molecule has 2 unspecified atom stereocenters. The zero-order valence-corrected chi connectivity index (χ0v) is 13.4. The Hall–Kier alpha value is -3.31. The smallest absolute Gasteiger partial charge is 0.293 e. The van der Waals surface area contributed by atoms with E-state index in [1.54, 1.807) is 0 Å². The summed E-state index contributed by atoms with van der Waals surface area (Å²) in [6.07, 6.45) is -0.416. The molecule has 126 valence electrons. The van der Waals surface area contributed by atoms with E-state index >= 15 is 0 Å². The molecule has 0 radical (unpaired) electrons. The highest BCUT2D eigenvalue weighted by Gasteiger charge is 2.34. The van der Waals surface area contributed by atoms with Crippen molar-refractivity contribution in [3.8, 4) is 0 Å². The van der Waals surface area contributed by atoms with E-state index < -0.39 is 6.10 Å². The van der Waals surface area contributed by atoms with Crippen LogP contribution in [0.5, 0.6) is 0 Å². The van der Waals surface area contributed by atoms with Crippen LogP contribution in [0.1, 0.15) is 22.8 Å². The van der Waals surface area contributed by atoms with E-state index in [0.29, 0.717) is 12.4 Å². The lowest BCUT2D eigenvalue weighted by Crippen LogP contribution is -2.21. The van der Waals surface area contributed by atoms with Gasteiger partial charge in [-0.05, 0) is 28.8 Å². The van der Waals surface area contributed by atoms with Crippen LogP contribution in [0.3, 0.4) is 0 Å². The summed E-state index contributed by atoms with van der Waals surface area (Å²) in [5.74, 6) is 0.503. The fraction of sp³-hybridized carbons (Fsp3) is 0.222. The molecule has 2 atom stereocenters. The van der Waals surface area contributed by atoms with Gasteiger partial charge < -0.3 is 9.47 Å². The molecule has 0 saturated heterocycles. The molecule has 0 saturated carbocycles. The molecule has 0 spiro atoms. The van der Waals surface area contributed by atoms with E-state index in [1.165, 1.54) is 0 Å². The van der Waals surface area contributed by atoms with Crippen LogP contribution in [-0.4, -0.2) is 25.0 Å². The van der Waals surface area contributed by atoms with E-state index in [1.807, 2.05) is 54.6 Å². The first-order valence-corrected chi connectivity index (χ1v) is 7.77. The van der Waals surface area contributed by atoms with Gasteiger partial charge in [-0.3, -0.25) is 4.79 Å². The number of ether oxygens (including phenoxy) is 2. The third-order valence-electron chi connectivity index (χ3n) is 3.89. The molecule has 2 aromatic rings. The molecule has 7 heteroatoms. The van der Waals surface area contributed by atoms with E-state index in [9.17, 15) is 4.79 Å². The molecular formula is C18H16N4O3. The molecule has 0 aromatic heterocycles. The van der Waals surface area contributed by atoms with Crippen LogP contribution >= 0.6 is 0 Å². The van der Waals surface area contributed by atoms with Crippen LogP contribution in [0.25, 0.3) is 10.4 Å². The summed E-state index contributed by atoms with van der Waals surface area (Å²) in [7, 11) is 0. The Balaban J connectivity index is 1.92. The van der Waals surface area contributed by atoms with Gasteiger partial charge in [0.15, 0.2) is 6.10 Å². The summed E-state index contributed by atoms with van der Waals surface area (Å²) in [5, 5.41) is 3.64. The zero-order chi connectivity index (χ0) is 17.5. The number of carbonyl (C=O) groups is 1. The molecule has 0 N–H and O–H groups in total. The van der Waals surface area contributed by atoms with Crippen molar-refractivity contribution < 1.29 is 14.3 Å². The maximum absolute atomic E-state index is 10.6. The number of nitrogens with zero attached hydrogens (tertiary/aromatic N) is 4. The van der Waals surface area contributed by atoms with Crippen molar-refractivity contribution in [1.82, 2.24) is 0 Å². The van der Waals surface area contributed by atoms with E-state index in [0.717, 1.165) is 16.7 Å². The predicted molar refractivity (Wildman–Crippen MR) is 91.9 cm³/mol. The minimum atomic E-state index is -0.416. The summed E-state index contributed by atoms with van der Waals surface area (Å²) in [6.45, 7) is 0.730. The van der Waals surface area contributed by atoms with Gasteiger partial charge in [-0.25, -0.2) is 4.99 Å². The molecule has 0 fully saturated rings. The van der Waals surface area contributed by atoms with Crippen molar-refractivity contribution in [3.05, 3.63) is 81.7 Å². The van der Waals surface area contributed by atoms with Crippen molar-refractivity contribution >= 4 is 12.4 Å². The van der Waals surface area contributed by atoms with Crippen LogP contribution in [-0.2, 0) is 20.8 Å². The Labute approximate surface area is 144 Å². The Kier molecular flexibility index (Phi) is 5.29. The fourth-order valence-electron chi connectivity index (χ4n) is 2.77. The first-order valence-electron chi connectivity index (χ1n) is 7.77. The normalized spacial score (nSPS) is 18.6. The van der Waals surface area contributed by atoms with Crippen molar-refractivity contribution in [2.45, 2.75) is 18.7 Å². The quantitative estimate of drug-likeness (QED) is 0.335. The van der Waals surface area contributed by atoms with Gasteiger partial charge in [0.2, 0.25) is 5.90 Å². The maximum atomic E-state index is 10.6. The molecular weight excluding hydrogens is 320 g/mol. The van der Waals surface area contributed by atoms with Crippen molar-refractivity contribution in [2.24, 2.45) is 10.1 Å². The molecule has 1 aliphatic heterocycles. The van der Waals surface area contributed by atoms with Crippen LogP contribution < -0.4 is 0 Å². The average Bonchev–Trinajstić information content (AvgIpc) is 3.09. The SMILES string of the molecule is [N-]=[N+]=NCc1ccccc1C1OC(c2ccccc2)=NC1COC=O. The number of rotatable bonds is 7. The minimum Gasteiger partial charge on any atom is -0.467 e. The molecule has 3 rings (SSSR count). The minimum absolute atomic E-state index is 0.111. The summed E-state index contributed by atoms with van der Waals surface area (Å²) >= 11 is 0. The molecule has 0 amide bonds. The molecule has 0 aliphatic carbocycles. The number of aliphatic imine (C=N–C) groups is 1. The lowest BCUT2D eigenvalue weighted by Gasteiger charge is -2.20. The van der Waals surface area contributed by atoms with Gasteiger partial charge in [-0.15, -0.1) is 0 Å². The zero-order valence-electron chi connectivity index (χ0n) is 13.4.